The van der Waals surface area contributed by atoms with Crippen LogP contribution in [-0.4, -0.2) is 6.03 Å². The third kappa shape index (κ3) is 3.65. The summed E-state index contributed by atoms with van der Waals surface area (Å²) in [5, 5.41) is 6.12. The van der Waals surface area contributed by atoms with Crippen molar-refractivity contribution in [2.24, 2.45) is 0 Å². The van der Waals surface area contributed by atoms with E-state index in [1.165, 1.54) is 5.56 Å². The highest BCUT2D eigenvalue weighted by Gasteiger charge is 2.08. The molecule has 0 aliphatic rings. The molecule has 3 nitrogen and oxygen atoms in total. The minimum Gasteiger partial charge on any atom is -0.308 e. The van der Waals surface area contributed by atoms with Crippen molar-refractivity contribution >= 4 is 40.6 Å². The Morgan fingerprint density at radius 3 is 2.40 bits per heavy atom. The van der Waals surface area contributed by atoms with Gasteiger partial charge in [0.1, 0.15) is 0 Å². The molecule has 2 amide bonds. The van der Waals surface area contributed by atoms with Crippen molar-refractivity contribution in [3.05, 3.63) is 58.1 Å². The highest BCUT2D eigenvalue weighted by atomic mass is 35.5. The van der Waals surface area contributed by atoms with Crippen LogP contribution in [-0.2, 0) is 6.42 Å². The molecule has 2 N–H and O–H groups in total. The predicted molar refractivity (Wildman–Crippen MR) is 84.9 cm³/mol. The smallest absolute Gasteiger partial charge is 0.308 e. The largest absolute Gasteiger partial charge is 0.323 e. The second-order valence-electron chi connectivity index (χ2n) is 4.23. The Hall–Kier alpha value is -1.71. The first kappa shape index (κ1) is 14.7. The summed E-state index contributed by atoms with van der Waals surface area (Å²) in [5.41, 5.74) is 2.41. The highest BCUT2D eigenvalue weighted by molar-refractivity contribution is 6.44. The molecule has 2 rings (SSSR count). The zero-order valence-corrected chi connectivity index (χ0v) is 12.4. The number of nitrogens with one attached hydrogen (secondary N) is 2. The van der Waals surface area contributed by atoms with Crippen molar-refractivity contribution in [1.29, 1.82) is 0 Å². The first-order chi connectivity index (χ1) is 9.60. The Labute approximate surface area is 127 Å². The van der Waals surface area contributed by atoms with Gasteiger partial charge in [-0.1, -0.05) is 48.3 Å². The molecule has 0 aliphatic heterocycles. The topological polar surface area (TPSA) is 41.1 Å². The molecule has 0 saturated heterocycles. The van der Waals surface area contributed by atoms with Gasteiger partial charge in [-0.2, -0.15) is 0 Å². The van der Waals surface area contributed by atoms with Crippen LogP contribution in [0.4, 0.5) is 16.2 Å². The third-order valence-corrected chi connectivity index (χ3v) is 3.64. The SMILES string of the molecule is CCc1ccc(NC(=O)Nc2cccc(Cl)c2Cl)cc1. The maximum Gasteiger partial charge on any atom is 0.323 e. The summed E-state index contributed by atoms with van der Waals surface area (Å²) in [6, 6.07) is 12.4. The first-order valence-electron chi connectivity index (χ1n) is 6.21. The number of hydrogen-bond acceptors (Lipinski definition) is 1. The number of anilines is 2. The summed E-state index contributed by atoms with van der Waals surface area (Å²) in [7, 11) is 0. The van der Waals surface area contributed by atoms with Gasteiger partial charge in [0.25, 0.3) is 0 Å². The maximum absolute atomic E-state index is 11.9. The lowest BCUT2D eigenvalue weighted by atomic mass is 10.1. The van der Waals surface area contributed by atoms with Gasteiger partial charge in [0, 0.05) is 5.69 Å². The van der Waals surface area contributed by atoms with Crippen LogP contribution in [0.5, 0.6) is 0 Å². The lowest BCUT2D eigenvalue weighted by molar-refractivity contribution is 0.262. The number of carbonyl (C=O) groups is 1. The number of amides is 2. The summed E-state index contributed by atoms with van der Waals surface area (Å²) in [6.07, 6.45) is 0.963. The predicted octanol–water partition coefficient (Wildman–Crippen LogP) is 5.20. The van der Waals surface area contributed by atoms with Gasteiger partial charge in [-0.15, -0.1) is 0 Å². The average Bonchev–Trinajstić information content (AvgIpc) is 2.45. The van der Waals surface area contributed by atoms with E-state index in [1.54, 1.807) is 18.2 Å². The van der Waals surface area contributed by atoms with Gasteiger partial charge >= 0.3 is 6.03 Å². The molecular weight excluding hydrogens is 295 g/mol. The molecule has 0 atom stereocenters. The molecular formula is C15H14Cl2N2O. The van der Waals surface area contributed by atoms with Crippen LogP contribution in [0.1, 0.15) is 12.5 Å². The van der Waals surface area contributed by atoms with E-state index in [1.807, 2.05) is 24.3 Å². The van der Waals surface area contributed by atoms with Gasteiger partial charge < -0.3 is 10.6 Å². The van der Waals surface area contributed by atoms with Crippen molar-refractivity contribution in [3.63, 3.8) is 0 Å². The molecule has 0 spiro atoms. The summed E-state index contributed by atoms with van der Waals surface area (Å²) in [5.74, 6) is 0. The molecule has 0 heterocycles. The van der Waals surface area contributed by atoms with Crippen molar-refractivity contribution in [1.82, 2.24) is 0 Å². The second-order valence-corrected chi connectivity index (χ2v) is 5.02. The normalized spacial score (nSPS) is 10.2. The van der Waals surface area contributed by atoms with E-state index in [0.717, 1.165) is 12.1 Å². The Kier molecular flexibility index (Phi) is 4.88. The Morgan fingerprint density at radius 1 is 1.05 bits per heavy atom. The minimum absolute atomic E-state index is 0.325. The van der Waals surface area contributed by atoms with Crippen LogP contribution >= 0.6 is 23.2 Å². The zero-order chi connectivity index (χ0) is 14.5. The van der Waals surface area contributed by atoms with Crippen molar-refractivity contribution < 1.29 is 4.79 Å². The molecule has 0 bridgehead atoms. The van der Waals surface area contributed by atoms with Crippen LogP contribution in [0, 0.1) is 0 Å². The number of halogens is 2. The van der Waals surface area contributed by atoms with Crippen molar-refractivity contribution in [2.75, 3.05) is 10.6 Å². The molecule has 0 unspecified atom stereocenters. The van der Waals surface area contributed by atoms with E-state index in [2.05, 4.69) is 17.6 Å². The molecule has 0 fully saturated rings. The number of urea groups is 1. The molecule has 5 heteroatoms. The van der Waals surface area contributed by atoms with E-state index in [-0.39, 0.29) is 6.03 Å². The van der Waals surface area contributed by atoms with Crippen LogP contribution in [0.2, 0.25) is 10.0 Å². The Bertz CT molecular complexity index is 612. The van der Waals surface area contributed by atoms with E-state index in [0.29, 0.717) is 15.7 Å². The van der Waals surface area contributed by atoms with Crippen molar-refractivity contribution in [3.8, 4) is 0 Å². The van der Waals surface area contributed by atoms with Crippen LogP contribution in [0.3, 0.4) is 0 Å². The summed E-state index contributed by atoms with van der Waals surface area (Å²) in [6.45, 7) is 2.08. The maximum atomic E-state index is 11.9. The van der Waals surface area contributed by atoms with Crippen LogP contribution in [0.25, 0.3) is 0 Å². The molecule has 104 valence electrons. The fourth-order valence-electron chi connectivity index (χ4n) is 1.71. The van der Waals surface area contributed by atoms with Gasteiger partial charge in [-0.25, -0.2) is 4.79 Å². The standard InChI is InChI=1S/C15H14Cl2N2O/c1-2-10-6-8-11(9-7-10)18-15(20)19-13-5-3-4-12(16)14(13)17/h3-9H,2H2,1H3,(H2,18,19,20). The number of benzene rings is 2. The third-order valence-electron chi connectivity index (χ3n) is 2.82. The van der Waals surface area contributed by atoms with E-state index < -0.39 is 0 Å². The highest BCUT2D eigenvalue weighted by Crippen LogP contribution is 2.29. The molecule has 0 radical (unpaired) electrons. The van der Waals surface area contributed by atoms with Crippen LogP contribution < -0.4 is 10.6 Å². The molecule has 0 aliphatic carbocycles. The summed E-state index contributed by atoms with van der Waals surface area (Å²) >= 11 is 11.9. The molecule has 0 aromatic heterocycles. The van der Waals surface area contributed by atoms with E-state index >= 15 is 0 Å². The Balaban J connectivity index is 2.03. The number of hydrogen-bond donors (Lipinski definition) is 2. The fourth-order valence-corrected chi connectivity index (χ4v) is 2.06. The second kappa shape index (κ2) is 6.64. The van der Waals surface area contributed by atoms with E-state index in [4.69, 9.17) is 23.2 Å². The van der Waals surface area contributed by atoms with Gasteiger partial charge in [0.05, 0.1) is 15.7 Å². The monoisotopic (exact) mass is 308 g/mol. The Morgan fingerprint density at radius 2 is 1.75 bits per heavy atom. The van der Waals surface area contributed by atoms with Gasteiger partial charge in [-0.05, 0) is 36.2 Å². The summed E-state index contributed by atoms with van der Waals surface area (Å²) in [4.78, 5) is 11.9. The number of carbonyl (C=O) groups excluding carboxylic acids is 1. The first-order valence-corrected chi connectivity index (χ1v) is 6.96. The van der Waals surface area contributed by atoms with E-state index in [9.17, 15) is 4.79 Å². The van der Waals surface area contributed by atoms with Gasteiger partial charge in [0.15, 0.2) is 0 Å². The number of rotatable bonds is 3. The molecule has 2 aromatic carbocycles. The van der Waals surface area contributed by atoms with Gasteiger partial charge in [0.2, 0.25) is 0 Å². The summed E-state index contributed by atoms with van der Waals surface area (Å²) < 4.78 is 0. The molecule has 20 heavy (non-hydrogen) atoms. The average molecular weight is 309 g/mol. The quantitative estimate of drug-likeness (QED) is 0.804. The zero-order valence-electron chi connectivity index (χ0n) is 10.9. The number of aryl methyl sites for hydroxylation is 1. The van der Waals surface area contributed by atoms with Crippen molar-refractivity contribution in [2.45, 2.75) is 13.3 Å². The van der Waals surface area contributed by atoms with Crippen LogP contribution in [0.15, 0.2) is 42.5 Å². The lowest BCUT2D eigenvalue weighted by Crippen LogP contribution is -2.19. The van der Waals surface area contributed by atoms with Gasteiger partial charge in [-0.3, -0.25) is 0 Å². The fraction of sp³-hybridized carbons (Fsp3) is 0.133. The molecule has 2 aromatic rings. The lowest BCUT2D eigenvalue weighted by Gasteiger charge is -2.10. The molecule has 0 saturated carbocycles. The minimum atomic E-state index is -0.363.